The molecular formula is C34H33N5O6S2. The van der Waals surface area contributed by atoms with Crippen LogP contribution in [0.25, 0.3) is 28.1 Å². The number of thioether (sulfide) groups is 1. The van der Waals surface area contributed by atoms with Gasteiger partial charge in [0.1, 0.15) is 22.4 Å². The molecule has 2 aliphatic heterocycles. The van der Waals surface area contributed by atoms with E-state index in [1.54, 1.807) is 23.2 Å². The van der Waals surface area contributed by atoms with Gasteiger partial charge in [0.15, 0.2) is 0 Å². The zero-order valence-electron chi connectivity index (χ0n) is 25.5. The first kappa shape index (κ1) is 32.4. The Kier molecular flexibility index (Phi) is 10.3. The molecule has 6 rings (SSSR count). The van der Waals surface area contributed by atoms with Crippen molar-refractivity contribution in [3.05, 3.63) is 82.9 Å². The number of aromatic nitrogens is 2. The zero-order valence-corrected chi connectivity index (χ0v) is 27.1. The second kappa shape index (κ2) is 14.9. The molecule has 11 nitrogen and oxygen atoms in total. The van der Waals surface area contributed by atoms with Crippen LogP contribution in [0, 0.1) is 0 Å². The average Bonchev–Trinajstić information content (AvgIpc) is 3.34. The summed E-state index contributed by atoms with van der Waals surface area (Å²) in [6.07, 6.45) is 4.08. The molecule has 0 unspecified atom stereocenters. The van der Waals surface area contributed by atoms with Crippen LogP contribution in [0.5, 0.6) is 11.5 Å². The fourth-order valence-electron chi connectivity index (χ4n) is 5.24. The number of carbonyl (C=O) groups excluding carboxylic acids is 1. The number of ether oxygens (including phenoxy) is 3. The molecule has 2 saturated heterocycles. The van der Waals surface area contributed by atoms with Gasteiger partial charge in [-0.2, -0.15) is 0 Å². The molecule has 1 amide bonds. The van der Waals surface area contributed by atoms with Gasteiger partial charge in [-0.25, -0.2) is 14.8 Å². The van der Waals surface area contributed by atoms with Gasteiger partial charge >= 0.3 is 5.97 Å². The summed E-state index contributed by atoms with van der Waals surface area (Å²) >= 11 is 6.85. The highest BCUT2D eigenvalue weighted by atomic mass is 32.2. The van der Waals surface area contributed by atoms with Gasteiger partial charge < -0.3 is 25.1 Å². The first-order valence-corrected chi connectivity index (χ1v) is 16.4. The van der Waals surface area contributed by atoms with E-state index in [1.807, 2.05) is 42.5 Å². The van der Waals surface area contributed by atoms with Crippen LogP contribution in [0.4, 0.5) is 5.95 Å². The average molecular weight is 672 g/mol. The van der Waals surface area contributed by atoms with Crippen molar-refractivity contribution < 1.29 is 28.9 Å². The molecule has 2 fully saturated rings. The van der Waals surface area contributed by atoms with Crippen molar-refractivity contribution in [2.75, 3.05) is 58.3 Å². The molecule has 3 heterocycles. The van der Waals surface area contributed by atoms with Gasteiger partial charge in [-0.3, -0.25) is 14.6 Å². The van der Waals surface area contributed by atoms with Crippen molar-refractivity contribution in [3.63, 3.8) is 0 Å². The number of rotatable bonds is 12. The van der Waals surface area contributed by atoms with Crippen LogP contribution in [-0.2, 0) is 9.53 Å². The number of thiocarbonyl (C=S) groups is 1. The number of nitrogens with zero attached hydrogens (tertiary/aromatic N) is 4. The van der Waals surface area contributed by atoms with E-state index >= 15 is 0 Å². The highest BCUT2D eigenvalue weighted by Crippen LogP contribution is 2.36. The van der Waals surface area contributed by atoms with Crippen molar-refractivity contribution in [1.82, 2.24) is 19.8 Å². The Morgan fingerprint density at radius 1 is 1.02 bits per heavy atom. The van der Waals surface area contributed by atoms with Gasteiger partial charge in [0.05, 0.1) is 35.8 Å². The van der Waals surface area contributed by atoms with Crippen molar-refractivity contribution >= 4 is 63.1 Å². The molecule has 0 radical (unpaired) electrons. The second-order valence-electron chi connectivity index (χ2n) is 10.9. The Balaban J connectivity index is 1.18. The summed E-state index contributed by atoms with van der Waals surface area (Å²) in [4.78, 5) is 37.4. The standard InChI is InChI=1S/C34H33N5O6S2/c35-33-36-21-25-3-2-24(19-28(25)37-33)23-6-9-29(45-17-13-38-11-15-43-16-12-38)26(18-23)20-30-31(40)39(34(46)47-30)10-1-14-44-27-7-4-22(5-8-27)32(41)42/h2-9,18-21H,1,10-17H2,(H,41,42)(H2,35,36,37). The minimum absolute atomic E-state index is 0.173. The van der Waals surface area contributed by atoms with Crippen LogP contribution >= 0.6 is 24.0 Å². The number of carbonyl (C=O) groups is 2. The van der Waals surface area contributed by atoms with Crippen LogP contribution in [0.15, 0.2) is 71.8 Å². The summed E-state index contributed by atoms with van der Waals surface area (Å²) in [6.45, 7) is 5.17. The van der Waals surface area contributed by atoms with Gasteiger partial charge in [0.2, 0.25) is 5.95 Å². The highest BCUT2D eigenvalue weighted by Gasteiger charge is 2.32. The lowest BCUT2D eigenvalue weighted by atomic mass is 10.0. The molecular weight excluding hydrogens is 639 g/mol. The normalized spacial score (nSPS) is 16.3. The Bertz CT molecular complexity index is 1830. The summed E-state index contributed by atoms with van der Waals surface area (Å²) in [6, 6.07) is 18.1. The molecule has 0 aliphatic carbocycles. The summed E-state index contributed by atoms with van der Waals surface area (Å²) in [5.41, 5.74) is 9.40. The molecule has 4 aromatic rings. The Morgan fingerprint density at radius 2 is 1.79 bits per heavy atom. The third kappa shape index (κ3) is 8.06. The number of carboxylic acids is 1. The molecule has 3 aromatic carbocycles. The number of nitrogen functional groups attached to an aromatic ring is 1. The number of amides is 1. The topological polar surface area (TPSA) is 140 Å². The van der Waals surface area contributed by atoms with E-state index in [9.17, 15) is 9.59 Å². The highest BCUT2D eigenvalue weighted by molar-refractivity contribution is 8.26. The fourth-order valence-corrected chi connectivity index (χ4v) is 6.54. The van der Waals surface area contributed by atoms with E-state index in [2.05, 4.69) is 14.9 Å². The Labute approximate surface area is 281 Å². The van der Waals surface area contributed by atoms with Gasteiger partial charge in [0, 0.05) is 43.3 Å². The van der Waals surface area contributed by atoms with E-state index in [4.69, 9.17) is 37.3 Å². The van der Waals surface area contributed by atoms with E-state index in [1.165, 1.54) is 23.9 Å². The quantitative estimate of drug-likeness (QED) is 0.120. The third-order valence-electron chi connectivity index (χ3n) is 7.77. The molecule has 3 N–H and O–H groups in total. The van der Waals surface area contributed by atoms with E-state index in [-0.39, 0.29) is 17.4 Å². The fraction of sp³-hybridized carbons (Fsp3) is 0.265. The molecule has 0 atom stereocenters. The maximum atomic E-state index is 13.5. The minimum atomic E-state index is -0.994. The van der Waals surface area contributed by atoms with Crippen LogP contribution in [0.3, 0.4) is 0 Å². The number of morpholine rings is 1. The number of benzene rings is 3. The third-order valence-corrected chi connectivity index (χ3v) is 9.15. The van der Waals surface area contributed by atoms with E-state index in [0.29, 0.717) is 46.9 Å². The summed E-state index contributed by atoms with van der Waals surface area (Å²) in [7, 11) is 0. The zero-order chi connectivity index (χ0) is 32.8. The predicted molar refractivity (Wildman–Crippen MR) is 186 cm³/mol. The van der Waals surface area contributed by atoms with Gasteiger partial charge in [-0.1, -0.05) is 42.2 Å². The van der Waals surface area contributed by atoms with E-state index in [0.717, 1.165) is 60.4 Å². The smallest absolute Gasteiger partial charge is 0.335 e. The number of carboxylic acid groups (broad SMARTS) is 1. The monoisotopic (exact) mass is 671 g/mol. The van der Waals surface area contributed by atoms with Gasteiger partial charge in [0.25, 0.3) is 5.91 Å². The number of fused-ring (bicyclic) bond motifs is 1. The Hall–Kier alpha value is -4.56. The molecule has 2 aliphatic rings. The molecule has 1 aromatic heterocycles. The minimum Gasteiger partial charge on any atom is -0.494 e. The molecule has 13 heteroatoms. The molecule has 242 valence electrons. The van der Waals surface area contributed by atoms with Crippen molar-refractivity contribution in [1.29, 1.82) is 0 Å². The Morgan fingerprint density at radius 3 is 2.57 bits per heavy atom. The maximum Gasteiger partial charge on any atom is 0.335 e. The molecule has 0 saturated carbocycles. The molecule has 0 bridgehead atoms. The van der Waals surface area contributed by atoms with Gasteiger partial charge in [-0.05, 0) is 66.1 Å². The number of anilines is 1. The second-order valence-corrected chi connectivity index (χ2v) is 12.6. The maximum absolute atomic E-state index is 13.5. The number of hydrogen-bond acceptors (Lipinski definition) is 11. The number of nitrogens with two attached hydrogens (primary N) is 1. The summed E-state index contributed by atoms with van der Waals surface area (Å²) in [5, 5.41) is 9.95. The SMILES string of the molecule is Nc1ncc2ccc(-c3ccc(OCCN4CCOCC4)c(C=C4SC(=S)N(CCCOc5ccc(C(=O)O)cc5)C4=O)c3)cc2n1. The molecule has 47 heavy (non-hydrogen) atoms. The lowest BCUT2D eigenvalue weighted by molar-refractivity contribution is -0.122. The lowest BCUT2D eigenvalue weighted by Gasteiger charge is -2.26. The number of aromatic carboxylic acids is 1. The lowest BCUT2D eigenvalue weighted by Crippen LogP contribution is -2.38. The van der Waals surface area contributed by atoms with Crippen molar-refractivity contribution in [3.8, 4) is 22.6 Å². The first-order chi connectivity index (χ1) is 22.8. The predicted octanol–water partition coefficient (Wildman–Crippen LogP) is 4.96. The van der Waals surface area contributed by atoms with Crippen molar-refractivity contribution in [2.45, 2.75) is 6.42 Å². The summed E-state index contributed by atoms with van der Waals surface area (Å²) < 4.78 is 18.0. The number of hydrogen-bond donors (Lipinski definition) is 2. The molecule has 0 spiro atoms. The van der Waals surface area contributed by atoms with Gasteiger partial charge in [-0.15, -0.1) is 0 Å². The van der Waals surface area contributed by atoms with Crippen LogP contribution < -0.4 is 15.2 Å². The van der Waals surface area contributed by atoms with Crippen LogP contribution in [-0.4, -0.2) is 93.7 Å². The van der Waals surface area contributed by atoms with E-state index < -0.39 is 5.97 Å². The first-order valence-electron chi connectivity index (χ1n) is 15.2. The largest absolute Gasteiger partial charge is 0.494 e. The summed E-state index contributed by atoms with van der Waals surface area (Å²) in [5.74, 6) is 0.271. The van der Waals surface area contributed by atoms with Crippen LogP contribution in [0.2, 0.25) is 0 Å². The van der Waals surface area contributed by atoms with Crippen LogP contribution in [0.1, 0.15) is 22.3 Å². The van der Waals surface area contributed by atoms with Crippen molar-refractivity contribution in [2.24, 2.45) is 0 Å².